The molecule has 1 aromatic heterocycles. The lowest BCUT2D eigenvalue weighted by molar-refractivity contribution is -0.00803. The van der Waals surface area contributed by atoms with Gasteiger partial charge in [0, 0.05) is 19.2 Å². The van der Waals surface area contributed by atoms with Crippen LogP contribution in [0.25, 0.3) is 11.0 Å². The van der Waals surface area contributed by atoms with E-state index in [0.717, 1.165) is 12.1 Å². The van der Waals surface area contributed by atoms with Crippen molar-refractivity contribution in [2.45, 2.75) is 25.9 Å². The summed E-state index contributed by atoms with van der Waals surface area (Å²) in [5.41, 5.74) is 0.289. The van der Waals surface area contributed by atoms with Crippen LogP contribution in [0.4, 0.5) is 8.78 Å². The maximum Gasteiger partial charge on any atom is 0.161 e. The molecule has 1 atom stereocenters. The number of fused-ring (bicyclic) bond motifs is 1. The van der Waals surface area contributed by atoms with Gasteiger partial charge in [0.25, 0.3) is 0 Å². The second-order valence-electron chi connectivity index (χ2n) is 4.16. The van der Waals surface area contributed by atoms with Gasteiger partial charge < -0.3 is 9.72 Å². The third-order valence-electron chi connectivity index (χ3n) is 3.15. The molecule has 0 amide bonds. The topological polar surface area (TPSA) is 37.9 Å². The minimum Gasteiger partial charge on any atom is -0.371 e. The van der Waals surface area contributed by atoms with Crippen molar-refractivity contribution >= 4 is 11.0 Å². The third kappa shape index (κ3) is 1.91. The molecule has 92 valence electrons. The van der Waals surface area contributed by atoms with Crippen LogP contribution in [0.3, 0.4) is 0 Å². The summed E-state index contributed by atoms with van der Waals surface area (Å²) in [7, 11) is 1.58. The molecule has 1 N–H and O–H groups in total. The molecule has 0 aliphatic heterocycles. The average molecular weight is 240 g/mol. The number of halogens is 2. The van der Waals surface area contributed by atoms with Crippen LogP contribution in [-0.2, 0) is 10.3 Å². The molecule has 0 fully saturated rings. The Balaban J connectivity index is 2.58. The van der Waals surface area contributed by atoms with E-state index in [2.05, 4.69) is 9.97 Å². The van der Waals surface area contributed by atoms with Gasteiger partial charge in [-0.2, -0.15) is 0 Å². The smallest absolute Gasteiger partial charge is 0.161 e. The molecule has 1 aromatic carbocycles. The maximum atomic E-state index is 13.1. The summed E-state index contributed by atoms with van der Waals surface area (Å²) in [5.74, 6) is -1.21. The second kappa shape index (κ2) is 4.07. The summed E-state index contributed by atoms with van der Waals surface area (Å²) < 4.78 is 31.5. The summed E-state index contributed by atoms with van der Waals surface area (Å²) in [6.45, 7) is 3.83. The molecule has 1 unspecified atom stereocenters. The normalized spacial score (nSPS) is 15.1. The van der Waals surface area contributed by atoms with E-state index in [9.17, 15) is 8.78 Å². The van der Waals surface area contributed by atoms with Crippen LogP contribution >= 0.6 is 0 Å². The number of aromatic nitrogens is 2. The van der Waals surface area contributed by atoms with Gasteiger partial charge in [-0.25, -0.2) is 13.8 Å². The third-order valence-corrected chi connectivity index (χ3v) is 3.15. The van der Waals surface area contributed by atoms with Crippen molar-refractivity contribution in [2.75, 3.05) is 7.11 Å². The van der Waals surface area contributed by atoms with Crippen LogP contribution in [0.2, 0.25) is 0 Å². The average Bonchev–Trinajstić information content (AvgIpc) is 2.72. The van der Waals surface area contributed by atoms with E-state index >= 15 is 0 Å². The van der Waals surface area contributed by atoms with Crippen molar-refractivity contribution in [1.82, 2.24) is 9.97 Å². The zero-order valence-electron chi connectivity index (χ0n) is 9.97. The van der Waals surface area contributed by atoms with Crippen molar-refractivity contribution in [3.8, 4) is 0 Å². The second-order valence-corrected chi connectivity index (χ2v) is 4.16. The summed E-state index contributed by atoms with van der Waals surface area (Å²) in [5, 5.41) is 0. The van der Waals surface area contributed by atoms with Crippen molar-refractivity contribution in [2.24, 2.45) is 0 Å². The first-order valence-electron chi connectivity index (χ1n) is 5.40. The van der Waals surface area contributed by atoms with Crippen molar-refractivity contribution in [3.63, 3.8) is 0 Å². The Morgan fingerprint density at radius 3 is 2.59 bits per heavy atom. The summed E-state index contributed by atoms with van der Waals surface area (Å²) >= 11 is 0. The van der Waals surface area contributed by atoms with Gasteiger partial charge in [0.15, 0.2) is 11.6 Å². The van der Waals surface area contributed by atoms with E-state index in [0.29, 0.717) is 23.3 Å². The monoisotopic (exact) mass is 240 g/mol. The highest BCUT2D eigenvalue weighted by Gasteiger charge is 2.27. The first kappa shape index (κ1) is 12.0. The van der Waals surface area contributed by atoms with Gasteiger partial charge >= 0.3 is 0 Å². The summed E-state index contributed by atoms with van der Waals surface area (Å²) in [4.78, 5) is 7.20. The molecule has 1 heterocycles. The molecule has 3 nitrogen and oxygen atoms in total. The van der Waals surface area contributed by atoms with Gasteiger partial charge in [-0.15, -0.1) is 0 Å². The van der Waals surface area contributed by atoms with Crippen LogP contribution in [0, 0.1) is 11.6 Å². The fourth-order valence-electron chi connectivity index (χ4n) is 1.66. The van der Waals surface area contributed by atoms with Crippen LogP contribution in [0.1, 0.15) is 26.1 Å². The van der Waals surface area contributed by atoms with Gasteiger partial charge in [0.2, 0.25) is 0 Å². The quantitative estimate of drug-likeness (QED) is 0.895. The number of ether oxygens (including phenoxy) is 1. The molecule has 2 aromatic rings. The van der Waals surface area contributed by atoms with E-state index < -0.39 is 17.2 Å². The summed E-state index contributed by atoms with van der Waals surface area (Å²) in [6, 6.07) is 2.18. The SMILES string of the molecule is CCC(C)(OC)c1nc2cc(F)c(F)cc2[nH]1. The number of H-pyrrole nitrogens is 1. The lowest BCUT2D eigenvalue weighted by atomic mass is 10.0. The predicted molar refractivity (Wildman–Crippen MR) is 60.7 cm³/mol. The number of methoxy groups -OCH3 is 1. The van der Waals surface area contributed by atoms with Crippen molar-refractivity contribution < 1.29 is 13.5 Å². The number of aromatic amines is 1. The van der Waals surface area contributed by atoms with E-state index in [1.807, 2.05) is 13.8 Å². The molecule has 0 spiro atoms. The number of rotatable bonds is 3. The van der Waals surface area contributed by atoms with Crippen LogP contribution < -0.4 is 0 Å². The number of hydrogen-bond donors (Lipinski definition) is 1. The fourth-order valence-corrected chi connectivity index (χ4v) is 1.66. The number of nitrogens with zero attached hydrogens (tertiary/aromatic N) is 1. The standard InChI is InChI=1S/C12H14F2N2O/c1-4-12(2,17-3)11-15-9-5-7(13)8(14)6-10(9)16-11/h5-6H,4H2,1-3H3,(H,15,16). The molecule has 0 bridgehead atoms. The minimum absolute atomic E-state index is 0.399. The molecular formula is C12H14F2N2O. The van der Waals surface area contributed by atoms with Crippen LogP contribution in [0.15, 0.2) is 12.1 Å². The van der Waals surface area contributed by atoms with Gasteiger partial charge in [-0.3, -0.25) is 0 Å². The Morgan fingerprint density at radius 1 is 1.35 bits per heavy atom. The highest BCUT2D eigenvalue weighted by Crippen LogP contribution is 2.28. The molecule has 0 aliphatic carbocycles. The molecule has 0 saturated carbocycles. The van der Waals surface area contributed by atoms with E-state index in [1.54, 1.807) is 7.11 Å². The number of nitrogens with one attached hydrogen (secondary N) is 1. The zero-order chi connectivity index (χ0) is 12.6. The van der Waals surface area contributed by atoms with Crippen molar-refractivity contribution in [3.05, 3.63) is 29.6 Å². The predicted octanol–water partition coefficient (Wildman–Crippen LogP) is 3.11. The largest absolute Gasteiger partial charge is 0.371 e. The van der Waals surface area contributed by atoms with Gasteiger partial charge in [0.1, 0.15) is 11.4 Å². The molecule has 17 heavy (non-hydrogen) atoms. The van der Waals surface area contributed by atoms with Crippen molar-refractivity contribution in [1.29, 1.82) is 0 Å². The Morgan fingerprint density at radius 2 is 2.00 bits per heavy atom. The molecule has 0 aliphatic rings. The van der Waals surface area contributed by atoms with Crippen LogP contribution in [-0.4, -0.2) is 17.1 Å². The van der Waals surface area contributed by atoms with Gasteiger partial charge in [-0.1, -0.05) is 6.92 Å². The first-order chi connectivity index (χ1) is 8.00. The van der Waals surface area contributed by atoms with Gasteiger partial charge in [-0.05, 0) is 13.3 Å². The molecular weight excluding hydrogens is 226 g/mol. The van der Waals surface area contributed by atoms with E-state index in [4.69, 9.17) is 4.74 Å². The molecule has 5 heteroatoms. The highest BCUT2D eigenvalue weighted by molar-refractivity contribution is 5.75. The highest BCUT2D eigenvalue weighted by atomic mass is 19.2. The zero-order valence-corrected chi connectivity index (χ0v) is 9.97. The molecule has 0 radical (unpaired) electrons. The lowest BCUT2D eigenvalue weighted by Gasteiger charge is -2.23. The Labute approximate surface area is 97.8 Å². The summed E-state index contributed by atoms with van der Waals surface area (Å²) in [6.07, 6.45) is 0.703. The van der Waals surface area contributed by atoms with E-state index in [1.165, 1.54) is 0 Å². The number of imidazole rings is 1. The minimum atomic E-state index is -0.897. The Bertz CT molecular complexity index is 508. The molecule has 2 rings (SSSR count). The Hall–Kier alpha value is -1.49. The fraction of sp³-hybridized carbons (Fsp3) is 0.417. The van der Waals surface area contributed by atoms with Gasteiger partial charge in [0.05, 0.1) is 11.0 Å². The van der Waals surface area contributed by atoms with Crippen LogP contribution in [0.5, 0.6) is 0 Å². The lowest BCUT2D eigenvalue weighted by Crippen LogP contribution is -2.24. The van der Waals surface area contributed by atoms with E-state index in [-0.39, 0.29) is 0 Å². The maximum absolute atomic E-state index is 13.1. The Kier molecular flexibility index (Phi) is 2.87. The molecule has 0 saturated heterocycles. The number of hydrogen-bond acceptors (Lipinski definition) is 2. The first-order valence-corrected chi connectivity index (χ1v) is 5.40. The number of benzene rings is 1.